The van der Waals surface area contributed by atoms with Gasteiger partial charge in [0, 0.05) is 18.1 Å². The number of hydrogen-bond donors (Lipinski definition) is 2. The van der Waals surface area contributed by atoms with E-state index >= 15 is 0 Å². The molecule has 0 aromatic rings. The highest BCUT2D eigenvalue weighted by atomic mass is 15.0. The molecular weight excluding hydrogens is 184 g/mol. The average Bonchev–Trinajstić information content (AvgIpc) is 2.56. The molecule has 0 spiro atoms. The zero-order valence-corrected chi connectivity index (χ0v) is 9.62. The van der Waals surface area contributed by atoms with E-state index in [0.29, 0.717) is 6.04 Å². The van der Waals surface area contributed by atoms with Crippen LogP contribution in [0.2, 0.25) is 0 Å². The monoisotopic (exact) mass is 208 g/mol. The van der Waals surface area contributed by atoms with E-state index in [2.05, 4.69) is 5.32 Å². The number of nitrogens with one attached hydrogen (secondary N) is 1. The molecule has 1 heterocycles. The number of fused-ring (bicyclic) bond motifs is 2. The highest BCUT2D eigenvalue weighted by Crippen LogP contribution is 2.39. The van der Waals surface area contributed by atoms with Crippen molar-refractivity contribution in [3.8, 4) is 0 Å². The van der Waals surface area contributed by atoms with Crippen molar-refractivity contribution in [1.82, 2.24) is 5.32 Å². The van der Waals surface area contributed by atoms with Crippen LogP contribution in [0.3, 0.4) is 0 Å². The summed E-state index contributed by atoms with van der Waals surface area (Å²) in [4.78, 5) is 0. The van der Waals surface area contributed by atoms with Gasteiger partial charge in [0.25, 0.3) is 0 Å². The summed E-state index contributed by atoms with van der Waals surface area (Å²) in [6.07, 6.45) is 11.2. The van der Waals surface area contributed by atoms with Crippen LogP contribution in [0.15, 0.2) is 0 Å². The minimum Gasteiger partial charge on any atom is -0.327 e. The molecule has 0 bridgehead atoms. The largest absolute Gasteiger partial charge is 0.327 e. The van der Waals surface area contributed by atoms with Gasteiger partial charge in [0.1, 0.15) is 0 Å². The van der Waals surface area contributed by atoms with Crippen LogP contribution in [0.1, 0.15) is 51.4 Å². The van der Waals surface area contributed by atoms with Crippen molar-refractivity contribution >= 4 is 0 Å². The maximum absolute atomic E-state index is 6.50. The van der Waals surface area contributed by atoms with Gasteiger partial charge >= 0.3 is 0 Å². The molecule has 3 fully saturated rings. The number of nitrogens with two attached hydrogens (primary N) is 1. The molecule has 2 aliphatic carbocycles. The zero-order chi connectivity index (χ0) is 10.3. The van der Waals surface area contributed by atoms with Gasteiger partial charge < -0.3 is 11.1 Å². The lowest BCUT2D eigenvalue weighted by Crippen LogP contribution is -2.60. The molecule has 0 aromatic heterocycles. The predicted octanol–water partition coefficient (Wildman–Crippen LogP) is 2.03. The van der Waals surface area contributed by atoms with Gasteiger partial charge in [-0.1, -0.05) is 25.7 Å². The molecule has 5 atom stereocenters. The summed E-state index contributed by atoms with van der Waals surface area (Å²) < 4.78 is 0. The van der Waals surface area contributed by atoms with Gasteiger partial charge in [0.05, 0.1) is 0 Å². The Bertz CT molecular complexity index is 227. The van der Waals surface area contributed by atoms with Gasteiger partial charge in [-0.05, 0) is 37.5 Å². The van der Waals surface area contributed by atoms with E-state index in [9.17, 15) is 0 Å². The molecule has 2 nitrogen and oxygen atoms in total. The minimum atomic E-state index is 0.502. The van der Waals surface area contributed by atoms with Crippen LogP contribution in [0, 0.1) is 11.8 Å². The molecule has 2 heteroatoms. The fraction of sp³-hybridized carbons (Fsp3) is 1.00. The SMILES string of the molecule is NC1C2CCCCCC2NC2CCCC21. The molecule has 86 valence electrons. The molecule has 3 N–H and O–H groups in total. The summed E-state index contributed by atoms with van der Waals surface area (Å²) in [5.74, 6) is 1.58. The Morgan fingerprint density at radius 3 is 2.13 bits per heavy atom. The molecule has 1 saturated heterocycles. The Hall–Kier alpha value is -0.0800. The Kier molecular flexibility index (Phi) is 2.73. The lowest BCUT2D eigenvalue weighted by Gasteiger charge is -2.44. The summed E-state index contributed by atoms with van der Waals surface area (Å²) >= 11 is 0. The maximum Gasteiger partial charge on any atom is 0.0125 e. The van der Waals surface area contributed by atoms with Gasteiger partial charge in [-0.3, -0.25) is 0 Å². The van der Waals surface area contributed by atoms with Crippen LogP contribution in [0.5, 0.6) is 0 Å². The number of piperidine rings is 1. The van der Waals surface area contributed by atoms with E-state index in [0.717, 1.165) is 23.9 Å². The average molecular weight is 208 g/mol. The first-order valence-corrected chi connectivity index (χ1v) is 6.88. The standard InChI is InChI=1S/C13H24N2/c14-13-9-5-2-1-3-7-11(9)15-12-8-4-6-10(12)13/h9-13,15H,1-8,14H2. The molecule has 2 saturated carbocycles. The van der Waals surface area contributed by atoms with Crippen LogP contribution in [0.4, 0.5) is 0 Å². The smallest absolute Gasteiger partial charge is 0.0125 e. The number of rotatable bonds is 0. The van der Waals surface area contributed by atoms with Crippen molar-refractivity contribution in [3.63, 3.8) is 0 Å². The third-order valence-electron chi connectivity index (χ3n) is 5.06. The van der Waals surface area contributed by atoms with E-state index in [-0.39, 0.29) is 0 Å². The summed E-state index contributed by atoms with van der Waals surface area (Å²) in [5, 5.41) is 3.91. The molecule has 1 aliphatic heterocycles. The van der Waals surface area contributed by atoms with Crippen LogP contribution in [-0.2, 0) is 0 Å². The van der Waals surface area contributed by atoms with Crippen LogP contribution < -0.4 is 11.1 Å². The first-order chi connectivity index (χ1) is 7.36. The first kappa shape index (κ1) is 10.1. The van der Waals surface area contributed by atoms with Crippen molar-refractivity contribution in [2.75, 3.05) is 0 Å². The number of hydrogen-bond acceptors (Lipinski definition) is 2. The van der Waals surface area contributed by atoms with E-state index in [1.807, 2.05) is 0 Å². The van der Waals surface area contributed by atoms with Crippen LogP contribution >= 0.6 is 0 Å². The molecule has 0 radical (unpaired) electrons. The molecule has 3 rings (SSSR count). The van der Waals surface area contributed by atoms with E-state index in [1.165, 1.54) is 51.4 Å². The highest BCUT2D eigenvalue weighted by Gasteiger charge is 2.44. The van der Waals surface area contributed by atoms with E-state index in [1.54, 1.807) is 0 Å². The van der Waals surface area contributed by atoms with Gasteiger partial charge in [-0.15, -0.1) is 0 Å². The molecule has 5 unspecified atom stereocenters. The second kappa shape index (κ2) is 4.06. The fourth-order valence-corrected chi connectivity index (χ4v) is 4.25. The van der Waals surface area contributed by atoms with Crippen molar-refractivity contribution in [2.45, 2.75) is 69.5 Å². The molecular formula is C13H24N2. The van der Waals surface area contributed by atoms with Gasteiger partial charge in [-0.25, -0.2) is 0 Å². The van der Waals surface area contributed by atoms with Crippen molar-refractivity contribution in [3.05, 3.63) is 0 Å². The van der Waals surface area contributed by atoms with Crippen molar-refractivity contribution < 1.29 is 0 Å². The third-order valence-corrected chi connectivity index (χ3v) is 5.06. The zero-order valence-electron chi connectivity index (χ0n) is 9.62. The Balaban J connectivity index is 1.78. The summed E-state index contributed by atoms with van der Waals surface area (Å²) in [6, 6.07) is 2.02. The lowest BCUT2D eigenvalue weighted by atomic mass is 9.75. The predicted molar refractivity (Wildman–Crippen MR) is 62.6 cm³/mol. The quantitative estimate of drug-likeness (QED) is 0.639. The van der Waals surface area contributed by atoms with Crippen LogP contribution in [0.25, 0.3) is 0 Å². The second-order valence-electron chi connectivity index (χ2n) is 5.85. The minimum absolute atomic E-state index is 0.502. The third kappa shape index (κ3) is 1.72. The van der Waals surface area contributed by atoms with E-state index in [4.69, 9.17) is 5.73 Å². The fourth-order valence-electron chi connectivity index (χ4n) is 4.25. The Morgan fingerprint density at radius 2 is 1.33 bits per heavy atom. The van der Waals surface area contributed by atoms with Crippen LogP contribution in [-0.4, -0.2) is 18.1 Å². The maximum atomic E-state index is 6.50. The van der Waals surface area contributed by atoms with Crippen molar-refractivity contribution in [2.24, 2.45) is 17.6 Å². The first-order valence-electron chi connectivity index (χ1n) is 6.88. The van der Waals surface area contributed by atoms with Gasteiger partial charge in [0.15, 0.2) is 0 Å². The molecule has 3 aliphatic rings. The second-order valence-corrected chi connectivity index (χ2v) is 5.85. The molecule has 0 aromatic carbocycles. The Labute approximate surface area is 93.0 Å². The summed E-state index contributed by atoms with van der Waals surface area (Å²) in [5.41, 5.74) is 6.50. The summed E-state index contributed by atoms with van der Waals surface area (Å²) in [6.45, 7) is 0. The Morgan fingerprint density at radius 1 is 0.733 bits per heavy atom. The summed E-state index contributed by atoms with van der Waals surface area (Å²) in [7, 11) is 0. The molecule has 0 amide bonds. The molecule has 15 heavy (non-hydrogen) atoms. The van der Waals surface area contributed by atoms with E-state index < -0.39 is 0 Å². The van der Waals surface area contributed by atoms with Gasteiger partial charge in [0.2, 0.25) is 0 Å². The normalized spacial score (nSPS) is 50.6. The van der Waals surface area contributed by atoms with Crippen molar-refractivity contribution in [1.29, 1.82) is 0 Å². The highest BCUT2D eigenvalue weighted by molar-refractivity contribution is 5.02. The lowest BCUT2D eigenvalue weighted by molar-refractivity contribution is 0.140. The topological polar surface area (TPSA) is 38.0 Å². The van der Waals surface area contributed by atoms with Gasteiger partial charge in [-0.2, -0.15) is 0 Å².